The molecule has 1 saturated heterocycles. The van der Waals surface area contributed by atoms with Crippen LogP contribution in [-0.4, -0.2) is 41.6 Å². The number of ketones is 1. The van der Waals surface area contributed by atoms with Crippen LogP contribution in [0.1, 0.15) is 56.8 Å². The number of hydrogen-bond donors (Lipinski definition) is 0. The highest BCUT2D eigenvalue weighted by Crippen LogP contribution is 2.21. The zero-order chi connectivity index (χ0) is 17.7. The van der Waals surface area contributed by atoms with Gasteiger partial charge >= 0.3 is 0 Å². The van der Waals surface area contributed by atoms with Crippen LogP contribution in [0.4, 0.5) is 5.69 Å². The summed E-state index contributed by atoms with van der Waals surface area (Å²) in [6.07, 6.45) is 4.16. The highest BCUT2D eigenvalue weighted by atomic mass is 16.2. The molecule has 1 atom stereocenters. The largest absolute Gasteiger partial charge is 0.338 e. The second-order valence-corrected chi connectivity index (χ2v) is 6.35. The Kier molecular flexibility index (Phi) is 6.12. The molecule has 130 valence electrons. The maximum Gasteiger partial charge on any atom is 0.242 e. The molecule has 0 saturated carbocycles. The van der Waals surface area contributed by atoms with Gasteiger partial charge in [-0.1, -0.05) is 6.92 Å². The fraction of sp³-hybridized carbons (Fsp3) is 0.526. The van der Waals surface area contributed by atoms with Crippen LogP contribution in [-0.2, 0) is 9.59 Å². The van der Waals surface area contributed by atoms with Gasteiger partial charge in [-0.2, -0.15) is 0 Å². The van der Waals surface area contributed by atoms with E-state index in [1.807, 2.05) is 4.90 Å². The van der Waals surface area contributed by atoms with E-state index in [4.69, 9.17) is 0 Å². The molecule has 1 aliphatic rings. The molecular formula is C19H26N2O3. The highest BCUT2D eigenvalue weighted by molar-refractivity contribution is 5.99. The number of nitrogens with zero attached hydrogens (tertiary/aromatic N) is 2. The SMILES string of the molecule is CCC1CCCCN1C(=O)CN(C(C)=O)c1ccc(C(C)=O)cc1. The molecule has 0 aliphatic carbocycles. The first kappa shape index (κ1) is 18.2. The molecule has 24 heavy (non-hydrogen) atoms. The van der Waals surface area contributed by atoms with Crippen molar-refractivity contribution >= 4 is 23.3 Å². The number of carbonyl (C=O) groups is 3. The molecule has 1 aromatic carbocycles. The Labute approximate surface area is 143 Å². The first-order chi connectivity index (χ1) is 11.4. The predicted octanol–water partition coefficient (Wildman–Crippen LogP) is 3.03. The molecule has 0 aromatic heterocycles. The fourth-order valence-electron chi connectivity index (χ4n) is 3.24. The van der Waals surface area contributed by atoms with Crippen molar-refractivity contribution in [2.45, 2.75) is 52.5 Å². The van der Waals surface area contributed by atoms with Crippen LogP contribution >= 0.6 is 0 Å². The minimum Gasteiger partial charge on any atom is -0.338 e. The molecule has 2 rings (SSSR count). The van der Waals surface area contributed by atoms with Crippen molar-refractivity contribution in [3.63, 3.8) is 0 Å². The average molecular weight is 330 g/mol. The van der Waals surface area contributed by atoms with Crippen LogP contribution < -0.4 is 4.90 Å². The molecule has 5 heteroatoms. The Hall–Kier alpha value is -2.17. The normalized spacial score (nSPS) is 17.5. The van der Waals surface area contributed by atoms with Crippen LogP contribution in [0.15, 0.2) is 24.3 Å². The molecule has 2 amide bonds. The summed E-state index contributed by atoms with van der Waals surface area (Å²) in [6, 6.07) is 7.10. The minimum atomic E-state index is -0.177. The molecule has 0 bridgehead atoms. The van der Waals surface area contributed by atoms with Gasteiger partial charge in [0, 0.05) is 30.8 Å². The Balaban J connectivity index is 2.14. The van der Waals surface area contributed by atoms with E-state index in [2.05, 4.69) is 6.92 Å². The highest BCUT2D eigenvalue weighted by Gasteiger charge is 2.27. The van der Waals surface area contributed by atoms with Crippen molar-refractivity contribution in [3.8, 4) is 0 Å². The number of hydrogen-bond acceptors (Lipinski definition) is 3. The van der Waals surface area contributed by atoms with Gasteiger partial charge in [-0.15, -0.1) is 0 Å². The van der Waals surface area contributed by atoms with E-state index in [1.54, 1.807) is 24.3 Å². The van der Waals surface area contributed by atoms with Gasteiger partial charge in [0.15, 0.2) is 5.78 Å². The van der Waals surface area contributed by atoms with Crippen molar-refractivity contribution in [3.05, 3.63) is 29.8 Å². The molecule has 1 aliphatic heterocycles. The summed E-state index contributed by atoms with van der Waals surface area (Å²) in [7, 11) is 0. The van der Waals surface area contributed by atoms with Gasteiger partial charge in [0.05, 0.1) is 0 Å². The van der Waals surface area contributed by atoms with E-state index >= 15 is 0 Å². The van der Waals surface area contributed by atoms with Crippen molar-refractivity contribution < 1.29 is 14.4 Å². The standard InChI is InChI=1S/C19H26N2O3/c1-4-17-7-5-6-12-20(17)19(24)13-21(15(3)23)18-10-8-16(9-11-18)14(2)22/h8-11,17H,4-7,12-13H2,1-3H3. The van der Waals surface area contributed by atoms with Crippen molar-refractivity contribution in [2.24, 2.45) is 0 Å². The molecule has 1 unspecified atom stereocenters. The van der Waals surface area contributed by atoms with Gasteiger partial charge in [-0.25, -0.2) is 0 Å². The third kappa shape index (κ3) is 4.22. The number of carbonyl (C=O) groups excluding carboxylic acids is 3. The van der Waals surface area contributed by atoms with Crippen molar-refractivity contribution in [1.82, 2.24) is 4.90 Å². The zero-order valence-corrected chi connectivity index (χ0v) is 14.7. The van der Waals surface area contributed by atoms with Crippen LogP contribution in [0.25, 0.3) is 0 Å². The van der Waals surface area contributed by atoms with E-state index < -0.39 is 0 Å². The summed E-state index contributed by atoms with van der Waals surface area (Å²) in [4.78, 5) is 39.5. The van der Waals surface area contributed by atoms with Gasteiger partial charge in [-0.3, -0.25) is 14.4 Å². The van der Waals surface area contributed by atoms with E-state index in [-0.39, 0.29) is 30.2 Å². The number of Topliss-reactive ketones (excluding diaryl/α,β-unsaturated/α-hetero) is 1. The number of rotatable bonds is 5. The number of benzene rings is 1. The smallest absolute Gasteiger partial charge is 0.242 e. The van der Waals surface area contributed by atoms with Gasteiger partial charge in [0.1, 0.15) is 6.54 Å². The lowest BCUT2D eigenvalue weighted by Gasteiger charge is -2.36. The molecule has 5 nitrogen and oxygen atoms in total. The van der Waals surface area contributed by atoms with E-state index in [9.17, 15) is 14.4 Å². The molecule has 0 spiro atoms. The quantitative estimate of drug-likeness (QED) is 0.780. The third-order valence-corrected chi connectivity index (χ3v) is 4.68. The lowest BCUT2D eigenvalue weighted by molar-refractivity contribution is -0.134. The predicted molar refractivity (Wildman–Crippen MR) is 94.1 cm³/mol. The average Bonchev–Trinajstić information content (AvgIpc) is 2.59. The summed E-state index contributed by atoms with van der Waals surface area (Å²) < 4.78 is 0. The Morgan fingerprint density at radius 2 is 1.79 bits per heavy atom. The van der Waals surface area contributed by atoms with E-state index in [0.29, 0.717) is 11.3 Å². The minimum absolute atomic E-state index is 0.00704. The van der Waals surface area contributed by atoms with E-state index in [1.165, 1.54) is 18.7 Å². The first-order valence-corrected chi connectivity index (χ1v) is 8.62. The molecule has 0 radical (unpaired) electrons. The summed E-state index contributed by atoms with van der Waals surface area (Å²) in [5, 5.41) is 0. The fourth-order valence-corrected chi connectivity index (χ4v) is 3.24. The van der Waals surface area contributed by atoms with Crippen LogP contribution in [0.5, 0.6) is 0 Å². The van der Waals surface area contributed by atoms with Gasteiger partial charge in [0.25, 0.3) is 0 Å². The van der Waals surface area contributed by atoms with Gasteiger partial charge < -0.3 is 9.80 Å². The van der Waals surface area contributed by atoms with Crippen molar-refractivity contribution in [2.75, 3.05) is 18.0 Å². The lowest BCUT2D eigenvalue weighted by atomic mass is 10.00. The van der Waals surface area contributed by atoms with Crippen molar-refractivity contribution in [1.29, 1.82) is 0 Å². The molecule has 0 N–H and O–H groups in total. The number of anilines is 1. The third-order valence-electron chi connectivity index (χ3n) is 4.68. The van der Waals surface area contributed by atoms with Gasteiger partial charge in [0.2, 0.25) is 11.8 Å². The second kappa shape index (κ2) is 8.08. The maximum absolute atomic E-state index is 12.7. The number of amides is 2. The summed E-state index contributed by atoms with van der Waals surface area (Å²) in [6.45, 7) is 5.87. The Morgan fingerprint density at radius 1 is 1.12 bits per heavy atom. The van der Waals surface area contributed by atoms with E-state index in [0.717, 1.165) is 32.2 Å². The Morgan fingerprint density at radius 3 is 2.33 bits per heavy atom. The van der Waals surface area contributed by atoms with Gasteiger partial charge in [-0.05, 0) is 56.9 Å². The molecular weight excluding hydrogens is 304 g/mol. The Bertz CT molecular complexity index is 610. The van der Waals surface area contributed by atoms with Crippen LogP contribution in [0.2, 0.25) is 0 Å². The lowest BCUT2D eigenvalue weighted by Crippen LogP contribution is -2.48. The molecule has 1 heterocycles. The maximum atomic E-state index is 12.7. The molecule has 1 aromatic rings. The number of likely N-dealkylation sites (tertiary alicyclic amines) is 1. The topological polar surface area (TPSA) is 57.7 Å². The monoisotopic (exact) mass is 330 g/mol. The summed E-state index contributed by atoms with van der Waals surface area (Å²) in [5.41, 5.74) is 1.24. The number of piperidine rings is 1. The zero-order valence-electron chi connectivity index (χ0n) is 14.7. The van der Waals surface area contributed by atoms with Crippen LogP contribution in [0, 0.1) is 0 Å². The van der Waals surface area contributed by atoms with Crippen LogP contribution in [0.3, 0.4) is 0 Å². The second-order valence-electron chi connectivity index (χ2n) is 6.35. The first-order valence-electron chi connectivity index (χ1n) is 8.62. The molecule has 1 fully saturated rings. The summed E-state index contributed by atoms with van der Waals surface area (Å²) in [5.74, 6) is -0.206. The summed E-state index contributed by atoms with van der Waals surface area (Å²) >= 11 is 0.